The van der Waals surface area contributed by atoms with Crippen LogP contribution in [0.25, 0.3) is 0 Å². The molecule has 1 saturated carbocycles. The molecule has 0 spiro atoms. The Kier molecular flexibility index (Phi) is 6.46. The second-order valence-electron chi connectivity index (χ2n) is 9.74. The van der Waals surface area contributed by atoms with Gasteiger partial charge in [0.15, 0.2) is 0 Å². The number of rotatable bonds is 5. The molecule has 2 heterocycles. The maximum atomic E-state index is 14.0. The van der Waals surface area contributed by atoms with Crippen molar-refractivity contribution in [2.75, 3.05) is 25.6 Å². The van der Waals surface area contributed by atoms with Crippen LogP contribution in [0.3, 0.4) is 0 Å². The molecule has 0 unspecified atom stereocenters. The van der Waals surface area contributed by atoms with E-state index in [0.717, 1.165) is 44.3 Å². The van der Waals surface area contributed by atoms with Gasteiger partial charge in [-0.05, 0) is 55.2 Å². The van der Waals surface area contributed by atoms with E-state index in [1.165, 1.54) is 17.7 Å². The summed E-state index contributed by atoms with van der Waals surface area (Å²) in [6.07, 6.45) is 4.51. The van der Waals surface area contributed by atoms with Gasteiger partial charge in [-0.3, -0.25) is 9.59 Å². The van der Waals surface area contributed by atoms with Crippen LogP contribution in [0.5, 0.6) is 5.75 Å². The number of amides is 2. The molecule has 7 heteroatoms. The number of nitrogens with zero attached hydrogens (tertiary/aromatic N) is 1. The van der Waals surface area contributed by atoms with Crippen molar-refractivity contribution in [1.29, 1.82) is 0 Å². The average molecular weight is 464 g/mol. The first kappa shape index (κ1) is 22.7. The maximum absolute atomic E-state index is 14.0. The van der Waals surface area contributed by atoms with Crippen LogP contribution >= 0.6 is 0 Å². The number of aromatic hydroxyl groups is 1. The van der Waals surface area contributed by atoms with E-state index < -0.39 is 0 Å². The number of carbonyl (C=O) groups is 2. The fourth-order valence-corrected chi connectivity index (χ4v) is 6.10. The quantitative estimate of drug-likeness (QED) is 0.629. The summed E-state index contributed by atoms with van der Waals surface area (Å²) < 4.78 is 5.50. The van der Waals surface area contributed by atoms with Gasteiger partial charge in [0.25, 0.3) is 5.91 Å². The van der Waals surface area contributed by atoms with Crippen molar-refractivity contribution in [2.45, 2.75) is 50.2 Å². The minimum Gasteiger partial charge on any atom is -0.508 e. The summed E-state index contributed by atoms with van der Waals surface area (Å²) in [5, 5.41) is 16.3. The lowest BCUT2D eigenvalue weighted by atomic mass is 9.81. The summed E-state index contributed by atoms with van der Waals surface area (Å²) in [6.45, 7) is 1.33. The van der Waals surface area contributed by atoms with Gasteiger partial charge in [0.2, 0.25) is 5.91 Å². The van der Waals surface area contributed by atoms with Crippen LogP contribution in [0.1, 0.15) is 54.1 Å². The van der Waals surface area contributed by atoms with Crippen molar-refractivity contribution in [3.8, 4) is 5.75 Å². The van der Waals surface area contributed by atoms with Gasteiger partial charge in [0.1, 0.15) is 5.75 Å². The van der Waals surface area contributed by atoms with Crippen molar-refractivity contribution in [3.05, 3.63) is 59.7 Å². The number of nitrogens with one attached hydrogen (secondary N) is 2. The van der Waals surface area contributed by atoms with E-state index in [1.54, 1.807) is 19.2 Å². The highest BCUT2D eigenvalue weighted by Crippen LogP contribution is 2.47. The van der Waals surface area contributed by atoms with Crippen LogP contribution in [-0.2, 0) is 9.53 Å². The van der Waals surface area contributed by atoms with Crippen LogP contribution < -0.4 is 10.6 Å². The fourth-order valence-electron chi connectivity index (χ4n) is 6.10. The normalized spacial score (nSPS) is 27.9. The SMILES string of the molecule is COC[C@@H]1Nc2ccccc2[C@H]2[C@@H]1CCN2C(=O)[C@H]1CCCC[C@H]1NC(=O)c1ccc(O)cc1. The van der Waals surface area contributed by atoms with Crippen LogP contribution in [0.2, 0.25) is 0 Å². The van der Waals surface area contributed by atoms with Crippen molar-refractivity contribution >= 4 is 17.5 Å². The van der Waals surface area contributed by atoms with Gasteiger partial charge < -0.3 is 25.4 Å². The van der Waals surface area contributed by atoms with E-state index in [-0.39, 0.29) is 41.6 Å². The van der Waals surface area contributed by atoms with Crippen LogP contribution in [0, 0.1) is 11.8 Å². The smallest absolute Gasteiger partial charge is 0.251 e. The van der Waals surface area contributed by atoms with Crippen molar-refractivity contribution in [2.24, 2.45) is 11.8 Å². The topological polar surface area (TPSA) is 90.9 Å². The van der Waals surface area contributed by atoms with E-state index in [1.807, 2.05) is 12.1 Å². The van der Waals surface area contributed by atoms with E-state index in [9.17, 15) is 14.7 Å². The Morgan fingerprint density at radius 2 is 1.85 bits per heavy atom. The minimum atomic E-state index is -0.225. The van der Waals surface area contributed by atoms with E-state index in [0.29, 0.717) is 18.1 Å². The lowest BCUT2D eigenvalue weighted by Gasteiger charge is -2.41. The largest absolute Gasteiger partial charge is 0.508 e. The highest BCUT2D eigenvalue weighted by Gasteiger charge is 2.48. The Bertz CT molecular complexity index is 1040. The molecule has 2 aromatic carbocycles. The minimum absolute atomic E-state index is 0.0282. The molecule has 34 heavy (non-hydrogen) atoms. The summed E-state index contributed by atoms with van der Waals surface area (Å²) in [5.74, 6) is 0.149. The number of benzene rings is 2. The molecule has 2 aliphatic heterocycles. The predicted molar refractivity (Wildman–Crippen MR) is 130 cm³/mol. The number of para-hydroxylation sites is 1. The summed E-state index contributed by atoms with van der Waals surface area (Å²) in [7, 11) is 1.72. The number of phenols is 1. The number of methoxy groups -OCH3 is 1. The molecule has 2 aromatic rings. The lowest BCUT2D eigenvalue weighted by molar-refractivity contribution is -0.139. The van der Waals surface area contributed by atoms with Gasteiger partial charge in [0, 0.05) is 36.9 Å². The lowest BCUT2D eigenvalue weighted by Crippen LogP contribution is -2.50. The third-order valence-corrected chi connectivity index (χ3v) is 7.74. The van der Waals surface area contributed by atoms with E-state index >= 15 is 0 Å². The summed E-state index contributed by atoms with van der Waals surface area (Å²) >= 11 is 0. The molecule has 7 nitrogen and oxygen atoms in total. The molecule has 5 atom stereocenters. The molecule has 3 aliphatic rings. The number of anilines is 1. The Hall–Kier alpha value is -3.06. The fraction of sp³-hybridized carbons (Fsp3) is 0.481. The van der Waals surface area contributed by atoms with Crippen molar-refractivity contribution in [3.63, 3.8) is 0 Å². The third-order valence-electron chi connectivity index (χ3n) is 7.74. The summed E-state index contributed by atoms with van der Waals surface area (Å²) in [4.78, 5) is 28.9. The standard InChI is InChI=1S/C27H33N3O4/c1-34-16-24-20-14-15-30(25(20)19-6-2-4-8-22(19)28-24)27(33)21-7-3-5-9-23(21)29-26(32)17-10-12-18(31)13-11-17/h2,4,6,8,10-13,20-21,23-25,28,31H,3,5,7,9,14-16H2,1H3,(H,29,32)/t20-,21+,23-,24+,25+/m1/s1. The molecule has 0 aromatic heterocycles. The first-order valence-electron chi connectivity index (χ1n) is 12.3. The number of carbonyl (C=O) groups excluding carboxylic acids is 2. The third kappa shape index (κ3) is 4.25. The van der Waals surface area contributed by atoms with E-state index in [2.05, 4.69) is 27.7 Å². The van der Waals surface area contributed by atoms with Gasteiger partial charge >= 0.3 is 0 Å². The monoisotopic (exact) mass is 463 g/mol. The first-order valence-corrected chi connectivity index (χ1v) is 12.3. The van der Waals surface area contributed by atoms with Crippen LogP contribution in [0.4, 0.5) is 5.69 Å². The zero-order valence-corrected chi connectivity index (χ0v) is 19.6. The summed E-state index contributed by atoms with van der Waals surface area (Å²) in [5.41, 5.74) is 2.74. The van der Waals surface area contributed by atoms with E-state index in [4.69, 9.17) is 4.74 Å². The Balaban J connectivity index is 1.37. The van der Waals surface area contributed by atoms with Gasteiger partial charge in [0.05, 0.1) is 24.6 Å². The van der Waals surface area contributed by atoms with Crippen LogP contribution in [0.15, 0.2) is 48.5 Å². The molecule has 2 fully saturated rings. The van der Waals surface area contributed by atoms with Gasteiger partial charge in [-0.15, -0.1) is 0 Å². The molecule has 0 bridgehead atoms. The molecule has 3 N–H and O–H groups in total. The number of phenolic OH excluding ortho intramolecular Hbond substituents is 1. The van der Waals surface area contributed by atoms with Crippen molar-refractivity contribution < 1.29 is 19.4 Å². The zero-order chi connectivity index (χ0) is 23.7. The second kappa shape index (κ2) is 9.66. The predicted octanol–water partition coefficient (Wildman–Crippen LogP) is 3.71. The second-order valence-corrected chi connectivity index (χ2v) is 9.74. The number of likely N-dealkylation sites (tertiary alicyclic amines) is 1. The Morgan fingerprint density at radius 1 is 1.09 bits per heavy atom. The Morgan fingerprint density at radius 3 is 2.65 bits per heavy atom. The van der Waals surface area contributed by atoms with Gasteiger partial charge in [-0.25, -0.2) is 0 Å². The molecular weight excluding hydrogens is 430 g/mol. The number of hydrogen-bond acceptors (Lipinski definition) is 5. The number of fused-ring (bicyclic) bond motifs is 3. The van der Waals surface area contributed by atoms with Gasteiger partial charge in [-0.1, -0.05) is 31.0 Å². The molecule has 1 aliphatic carbocycles. The molecule has 180 valence electrons. The zero-order valence-electron chi connectivity index (χ0n) is 19.6. The Labute approximate surface area is 200 Å². The highest BCUT2D eigenvalue weighted by molar-refractivity contribution is 5.95. The van der Waals surface area contributed by atoms with Crippen LogP contribution in [-0.4, -0.2) is 54.2 Å². The molecule has 1 saturated heterocycles. The first-order chi connectivity index (χ1) is 16.6. The summed E-state index contributed by atoms with van der Waals surface area (Å²) in [6, 6.07) is 14.5. The van der Waals surface area contributed by atoms with Crippen molar-refractivity contribution in [1.82, 2.24) is 10.2 Å². The maximum Gasteiger partial charge on any atom is 0.251 e. The number of hydrogen-bond donors (Lipinski definition) is 3. The molecule has 2 amide bonds. The number of ether oxygens (including phenoxy) is 1. The molecular formula is C27H33N3O4. The highest BCUT2D eigenvalue weighted by atomic mass is 16.5. The molecule has 5 rings (SSSR count). The molecule has 0 radical (unpaired) electrons. The average Bonchev–Trinajstić information content (AvgIpc) is 3.30. The van der Waals surface area contributed by atoms with Gasteiger partial charge in [-0.2, -0.15) is 0 Å².